The summed E-state index contributed by atoms with van der Waals surface area (Å²) >= 11 is 3.29. The van der Waals surface area contributed by atoms with Crippen molar-refractivity contribution in [2.24, 2.45) is 0 Å². The largest absolute Gasteiger partial charge is 0.507 e. The van der Waals surface area contributed by atoms with Gasteiger partial charge in [0.1, 0.15) is 5.75 Å². The Morgan fingerprint density at radius 2 is 2.27 bits per heavy atom. The van der Waals surface area contributed by atoms with Crippen LogP contribution in [0.4, 0.5) is 0 Å². The summed E-state index contributed by atoms with van der Waals surface area (Å²) in [5.41, 5.74) is 1.13. The SMILES string of the molecule is Cl.Oc1ccc([C@@H]2COCCN2)cc1Br. The molecular formula is C10H13BrClNO2. The number of hydrogen-bond acceptors (Lipinski definition) is 3. The zero-order valence-corrected chi connectivity index (χ0v) is 10.5. The summed E-state index contributed by atoms with van der Waals surface area (Å²) < 4.78 is 6.09. The van der Waals surface area contributed by atoms with E-state index < -0.39 is 0 Å². The van der Waals surface area contributed by atoms with Crippen LogP contribution in [0.1, 0.15) is 11.6 Å². The second kappa shape index (κ2) is 5.70. The highest BCUT2D eigenvalue weighted by Gasteiger charge is 2.15. The van der Waals surface area contributed by atoms with Crippen molar-refractivity contribution in [2.45, 2.75) is 6.04 Å². The Hall–Kier alpha value is -0.290. The van der Waals surface area contributed by atoms with Crippen LogP contribution in [0.25, 0.3) is 0 Å². The first-order valence-electron chi connectivity index (χ1n) is 4.57. The van der Waals surface area contributed by atoms with Crippen LogP contribution in [0.5, 0.6) is 5.75 Å². The molecule has 84 valence electrons. The third kappa shape index (κ3) is 3.08. The molecule has 2 rings (SSSR count). The number of phenolic OH excluding ortho intramolecular Hbond substituents is 1. The van der Waals surface area contributed by atoms with Gasteiger partial charge >= 0.3 is 0 Å². The molecule has 1 fully saturated rings. The van der Waals surface area contributed by atoms with Gasteiger partial charge in [-0.3, -0.25) is 0 Å². The Morgan fingerprint density at radius 1 is 1.47 bits per heavy atom. The second-order valence-corrected chi connectivity index (χ2v) is 4.15. The molecule has 15 heavy (non-hydrogen) atoms. The molecule has 0 unspecified atom stereocenters. The number of aromatic hydroxyl groups is 1. The maximum Gasteiger partial charge on any atom is 0.129 e. The molecule has 1 saturated heterocycles. The lowest BCUT2D eigenvalue weighted by Gasteiger charge is -2.24. The van der Waals surface area contributed by atoms with E-state index in [2.05, 4.69) is 21.2 Å². The number of nitrogens with one attached hydrogen (secondary N) is 1. The Bertz CT molecular complexity index is 329. The first-order valence-corrected chi connectivity index (χ1v) is 5.36. The van der Waals surface area contributed by atoms with E-state index in [-0.39, 0.29) is 24.2 Å². The van der Waals surface area contributed by atoms with Crippen molar-refractivity contribution in [3.63, 3.8) is 0 Å². The van der Waals surface area contributed by atoms with Gasteiger partial charge in [0.15, 0.2) is 0 Å². The summed E-state index contributed by atoms with van der Waals surface area (Å²) in [6.07, 6.45) is 0. The van der Waals surface area contributed by atoms with Crippen molar-refractivity contribution < 1.29 is 9.84 Å². The molecule has 0 amide bonds. The molecule has 0 bridgehead atoms. The van der Waals surface area contributed by atoms with E-state index in [1.165, 1.54) is 0 Å². The highest BCUT2D eigenvalue weighted by atomic mass is 79.9. The van der Waals surface area contributed by atoms with Gasteiger partial charge in [0.25, 0.3) is 0 Å². The minimum absolute atomic E-state index is 0. The number of rotatable bonds is 1. The van der Waals surface area contributed by atoms with Gasteiger partial charge in [-0.1, -0.05) is 6.07 Å². The topological polar surface area (TPSA) is 41.5 Å². The van der Waals surface area contributed by atoms with E-state index in [0.717, 1.165) is 23.2 Å². The van der Waals surface area contributed by atoms with Crippen LogP contribution >= 0.6 is 28.3 Å². The summed E-state index contributed by atoms with van der Waals surface area (Å²) in [5, 5.41) is 12.7. The maximum atomic E-state index is 9.34. The lowest BCUT2D eigenvalue weighted by Crippen LogP contribution is -2.34. The van der Waals surface area contributed by atoms with Gasteiger partial charge in [-0.25, -0.2) is 0 Å². The molecule has 0 aliphatic carbocycles. The number of hydrogen-bond donors (Lipinski definition) is 2. The van der Waals surface area contributed by atoms with Gasteiger partial charge in [-0.05, 0) is 33.6 Å². The summed E-state index contributed by atoms with van der Waals surface area (Å²) in [6.45, 7) is 2.34. The van der Waals surface area contributed by atoms with E-state index in [9.17, 15) is 5.11 Å². The van der Waals surface area contributed by atoms with Gasteiger partial charge < -0.3 is 15.2 Å². The molecular weight excluding hydrogens is 281 g/mol. The van der Waals surface area contributed by atoms with Crippen molar-refractivity contribution in [1.82, 2.24) is 5.32 Å². The summed E-state index contributed by atoms with van der Waals surface area (Å²) in [4.78, 5) is 0. The van der Waals surface area contributed by atoms with Crippen molar-refractivity contribution in [2.75, 3.05) is 19.8 Å². The molecule has 1 aromatic carbocycles. The van der Waals surface area contributed by atoms with Crippen LogP contribution in [0.3, 0.4) is 0 Å². The molecule has 0 spiro atoms. The molecule has 1 aliphatic rings. The van der Waals surface area contributed by atoms with Crippen molar-refractivity contribution in [3.05, 3.63) is 28.2 Å². The summed E-state index contributed by atoms with van der Waals surface area (Å²) in [6, 6.07) is 5.75. The molecule has 2 N–H and O–H groups in total. The molecule has 3 nitrogen and oxygen atoms in total. The van der Waals surface area contributed by atoms with E-state index in [0.29, 0.717) is 6.61 Å². The molecule has 0 aromatic heterocycles. The highest BCUT2D eigenvalue weighted by Crippen LogP contribution is 2.27. The number of morpholine rings is 1. The number of ether oxygens (including phenoxy) is 1. The van der Waals surface area contributed by atoms with E-state index in [1.807, 2.05) is 12.1 Å². The van der Waals surface area contributed by atoms with E-state index >= 15 is 0 Å². The first kappa shape index (κ1) is 12.8. The molecule has 1 aliphatic heterocycles. The minimum atomic E-state index is 0. The fourth-order valence-corrected chi connectivity index (χ4v) is 1.92. The van der Waals surface area contributed by atoms with Crippen LogP contribution in [0, 0.1) is 0 Å². The van der Waals surface area contributed by atoms with Gasteiger partial charge in [-0.2, -0.15) is 0 Å². The van der Waals surface area contributed by atoms with Crippen molar-refractivity contribution in [1.29, 1.82) is 0 Å². The molecule has 1 aromatic rings. The van der Waals surface area contributed by atoms with Gasteiger partial charge in [0, 0.05) is 6.54 Å². The van der Waals surface area contributed by atoms with Crippen LogP contribution in [0.15, 0.2) is 22.7 Å². The van der Waals surface area contributed by atoms with Crippen molar-refractivity contribution in [3.8, 4) is 5.75 Å². The van der Waals surface area contributed by atoms with E-state index in [1.54, 1.807) is 6.07 Å². The van der Waals surface area contributed by atoms with E-state index in [4.69, 9.17) is 4.74 Å². The minimum Gasteiger partial charge on any atom is -0.507 e. The standard InChI is InChI=1S/C10H12BrNO2.ClH/c11-8-5-7(1-2-10(8)13)9-6-14-4-3-12-9;/h1-2,5,9,12-13H,3-4,6H2;1H/t9-;/m0./s1. The van der Waals surface area contributed by atoms with Crippen LogP contribution in [-0.2, 0) is 4.74 Å². The third-order valence-corrected chi connectivity index (χ3v) is 2.93. The molecule has 0 radical (unpaired) electrons. The Balaban J connectivity index is 0.00000112. The Labute approximate surface area is 103 Å². The Kier molecular flexibility index (Phi) is 4.86. The summed E-state index contributed by atoms with van der Waals surface area (Å²) in [7, 11) is 0. The zero-order valence-electron chi connectivity index (χ0n) is 8.07. The van der Waals surface area contributed by atoms with Crippen LogP contribution < -0.4 is 5.32 Å². The predicted molar refractivity (Wildman–Crippen MR) is 64.6 cm³/mol. The van der Waals surface area contributed by atoms with Crippen molar-refractivity contribution >= 4 is 28.3 Å². The lowest BCUT2D eigenvalue weighted by molar-refractivity contribution is 0.0768. The van der Waals surface area contributed by atoms with Gasteiger partial charge in [0.05, 0.1) is 23.7 Å². The van der Waals surface area contributed by atoms with Crippen LogP contribution in [0.2, 0.25) is 0 Å². The average Bonchev–Trinajstić information content (AvgIpc) is 2.23. The smallest absolute Gasteiger partial charge is 0.129 e. The van der Waals surface area contributed by atoms with Gasteiger partial charge in [0.2, 0.25) is 0 Å². The molecule has 1 atom stereocenters. The Morgan fingerprint density at radius 3 is 2.87 bits per heavy atom. The summed E-state index contributed by atoms with van der Waals surface area (Å²) in [5.74, 6) is 0.269. The second-order valence-electron chi connectivity index (χ2n) is 3.29. The fourth-order valence-electron chi connectivity index (χ4n) is 1.52. The maximum absolute atomic E-state index is 9.34. The predicted octanol–water partition coefficient (Wildman–Crippen LogP) is 2.24. The first-order chi connectivity index (χ1) is 6.77. The third-order valence-electron chi connectivity index (χ3n) is 2.30. The zero-order chi connectivity index (χ0) is 9.97. The average molecular weight is 295 g/mol. The molecule has 5 heteroatoms. The van der Waals surface area contributed by atoms with Gasteiger partial charge in [-0.15, -0.1) is 12.4 Å². The molecule has 0 saturated carbocycles. The number of phenols is 1. The number of halogens is 2. The molecule has 1 heterocycles. The quantitative estimate of drug-likeness (QED) is 0.835. The highest BCUT2D eigenvalue weighted by molar-refractivity contribution is 9.10. The fraction of sp³-hybridized carbons (Fsp3) is 0.400. The normalized spacial score (nSPS) is 20.7. The van der Waals surface area contributed by atoms with Crippen LogP contribution in [-0.4, -0.2) is 24.9 Å². The number of benzene rings is 1. The lowest BCUT2D eigenvalue weighted by atomic mass is 10.1. The monoisotopic (exact) mass is 293 g/mol.